The van der Waals surface area contributed by atoms with Gasteiger partial charge in [-0.25, -0.2) is 4.98 Å². The summed E-state index contributed by atoms with van der Waals surface area (Å²) < 4.78 is 4.66. The number of hydrogen-bond donors (Lipinski definition) is 0. The molecule has 31 heavy (non-hydrogen) atoms. The van der Waals surface area contributed by atoms with Crippen LogP contribution in [0.3, 0.4) is 0 Å². The van der Waals surface area contributed by atoms with E-state index in [-0.39, 0.29) is 11.5 Å². The van der Waals surface area contributed by atoms with Gasteiger partial charge in [-0.15, -0.1) is 0 Å². The normalized spacial score (nSPS) is 13.1. The molecule has 4 rings (SSSR count). The van der Waals surface area contributed by atoms with E-state index < -0.39 is 0 Å². The van der Waals surface area contributed by atoms with E-state index in [4.69, 9.17) is 4.98 Å². The summed E-state index contributed by atoms with van der Waals surface area (Å²) in [4.78, 5) is 18.1. The first-order valence-electron chi connectivity index (χ1n) is 10.7. The molecule has 0 saturated carbocycles. The van der Waals surface area contributed by atoms with Crippen molar-refractivity contribution in [1.82, 2.24) is 14.2 Å². The number of rotatable bonds is 5. The van der Waals surface area contributed by atoms with Gasteiger partial charge in [0.1, 0.15) is 5.82 Å². The van der Waals surface area contributed by atoms with E-state index in [1.807, 2.05) is 38.3 Å². The zero-order valence-corrected chi connectivity index (χ0v) is 20.1. The van der Waals surface area contributed by atoms with Gasteiger partial charge in [0, 0.05) is 38.6 Å². The van der Waals surface area contributed by atoms with Crippen LogP contribution in [0.15, 0.2) is 56.8 Å². The molecule has 0 unspecified atom stereocenters. The fourth-order valence-electron chi connectivity index (χ4n) is 4.10. The Morgan fingerprint density at radius 2 is 1.87 bits per heavy atom. The fraction of sp³-hybridized carbons (Fsp3) is 0.320. The molecule has 0 aliphatic heterocycles. The Bertz CT molecular complexity index is 1360. The standard InChI is InChI=1S/C25H27BrN4O/c1-6-16(4)29-17(5)21(19-9-7-8-10-23(19)29)14-27-30-24(15(2)3)28-22-12-11-18(26)13-20(22)25(30)31/h7-16H,6H2,1-5H3/t16-/m1/s1. The van der Waals surface area contributed by atoms with Gasteiger partial charge in [0.25, 0.3) is 5.56 Å². The van der Waals surface area contributed by atoms with Crippen molar-refractivity contribution >= 4 is 44.0 Å². The van der Waals surface area contributed by atoms with Crippen LogP contribution in [0.4, 0.5) is 0 Å². The Kier molecular flexibility index (Phi) is 5.84. The predicted molar refractivity (Wildman–Crippen MR) is 132 cm³/mol. The summed E-state index contributed by atoms with van der Waals surface area (Å²) >= 11 is 3.46. The highest BCUT2D eigenvalue weighted by molar-refractivity contribution is 9.10. The van der Waals surface area contributed by atoms with Crippen molar-refractivity contribution in [2.45, 2.75) is 53.0 Å². The van der Waals surface area contributed by atoms with Crippen molar-refractivity contribution in [3.8, 4) is 0 Å². The van der Waals surface area contributed by atoms with Gasteiger partial charge in [-0.1, -0.05) is 54.9 Å². The number of halogens is 1. The van der Waals surface area contributed by atoms with Crippen LogP contribution in [0.2, 0.25) is 0 Å². The average Bonchev–Trinajstić information content (AvgIpc) is 3.04. The van der Waals surface area contributed by atoms with Crippen LogP contribution in [-0.4, -0.2) is 20.4 Å². The maximum atomic E-state index is 13.3. The second kappa shape index (κ2) is 8.42. The van der Waals surface area contributed by atoms with Crippen LogP contribution in [0.5, 0.6) is 0 Å². The molecular weight excluding hydrogens is 452 g/mol. The quantitative estimate of drug-likeness (QED) is 0.311. The molecule has 160 valence electrons. The van der Waals surface area contributed by atoms with Gasteiger partial charge in [0.05, 0.1) is 17.1 Å². The lowest BCUT2D eigenvalue weighted by atomic mass is 10.1. The number of para-hydroxylation sites is 1. The third-order valence-electron chi connectivity index (χ3n) is 5.89. The average molecular weight is 479 g/mol. The first-order valence-corrected chi connectivity index (χ1v) is 11.5. The summed E-state index contributed by atoms with van der Waals surface area (Å²) in [5, 5.41) is 6.36. The summed E-state index contributed by atoms with van der Waals surface area (Å²) in [7, 11) is 0. The Hall–Kier alpha value is -2.73. The van der Waals surface area contributed by atoms with Gasteiger partial charge in [0.15, 0.2) is 0 Å². The van der Waals surface area contributed by atoms with Gasteiger partial charge in [0.2, 0.25) is 0 Å². The van der Waals surface area contributed by atoms with Crippen LogP contribution in [0.25, 0.3) is 21.8 Å². The minimum atomic E-state index is -0.158. The molecule has 0 spiro atoms. The molecular formula is C25H27BrN4O. The Labute approximate surface area is 190 Å². The number of nitrogens with zero attached hydrogens (tertiary/aromatic N) is 4. The van der Waals surface area contributed by atoms with Crippen LogP contribution >= 0.6 is 15.9 Å². The first-order chi connectivity index (χ1) is 14.8. The molecule has 0 fully saturated rings. The van der Waals surface area contributed by atoms with Gasteiger partial charge in [-0.3, -0.25) is 4.79 Å². The summed E-state index contributed by atoms with van der Waals surface area (Å²) in [5.74, 6) is 0.708. The molecule has 2 heterocycles. The lowest BCUT2D eigenvalue weighted by molar-refractivity contribution is 0.537. The zero-order chi connectivity index (χ0) is 22.3. The molecule has 0 bridgehead atoms. The number of aromatic nitrogens is 3. The molecule has 2 aromatic carbocycles. The molecule has 1 atom stereocenters. The Morgan fingerprint density at radius 3 is 2.58 bits per heavy atom. The number of benzene rings is 2. The highest BCUT2D eigenvalue weighted by Gasteiger charge is 2.17. The van der Waals surface area contributed by atoms with E-state index in [2.05, 4.69) is 64.6 Å². The Balaban J connectivity index is 1.95. The topological polar surface area (TPSA) is 52.2 Å². The zero-order valence-electron chi connectivity index (χ0n) is 18.6. The van der Waals surface area contributed by atoms with Crippen molar-refractivity contribution in [3.63, 3.8) is 0 Å². The van der Waals surface area contributed by atoms with Gasteiger partial charge in [-0.2, -0.15) is 9.78 Å². The summed E-state index contributed by atoms with van der Waals surface area (Å²) in [6.45, 7) is 10.6. The van der Waals surface area contributed by atoms with Crippen LogP contribution in [-0.2, 0) is 0 Å². The molecule has 0 aliphatic rings. The van der Waals surface area contributed by atoms with E-state index in [0.29, 0.717) is 22.8 Å². The summed E-state index contributed by atoms with van der Waals surface area (Å²) in [5.41, 5.74) is 3.90. The number of hydrogen-bond acceptors (Lipinski definition) is 3. The van der Waals surface area contributed by atoms with Crippen molar-refractivity contribution in [2.24, 2.45) is 5.10 Å². The Morgan fingerprint density at radius 1 is 1.13 bits per heavy atom. The lowest BCUT2D eigenvalue weighted by Crippen LogP contribution is -2.23. The van der Waals surface area contributed by atoms with Gasteiger partial charge < -0.3 is 4.57 Å². The molecule has 5 nitrogen and oxygen atoms in total. The van der Waals surface area contributed by atoms with E-state index in [9.17, 15) is 4.79 Å². The summed E-state index contributed by atoms with van der Waals surface area (Å²) in [6, 6.07) is 14.3. The van der Waals surface area contributed by atoms with Crippen LogP contribution < -0.4 is 5.56 Å². The van der Waals surface area contributed by atoms with Crippen molar-refractivity contribution in [2.75, 3.05) is 0 Å². The molecule has 0 N–H and O–H groups in total. The second-order valence-corrected chi connectivity index (χ2v) is 9.21. The molecule has 6 heteroatoms. The largest absolute Gasteiger partial charge is 0.341 e. The highest BCUT2D eigenvalue weighted by Crippen LogP contribution is 2.29. The highest BCUT2D eigenvalue weighted by atomic mass is 79.9. The molecule has 0 amide bonds. The second-order valence-electron chi connectivity index (χ2n) is 8.29. The third kappa shape index (κ3) is 3.74. The number of fused-ring (bicyclic) bond motifs is 2. The maximum Gasteiger partial charge on any atom is 0.282 e. The molecule has 0 aliphatic carbocycles. The predicted octanol–water partition coefficient (Wildman–Crippen LogP) is 6.40. The fourth-order valence-corrected chi connectivity index (χ4v) is 4.46. The van der Waals surface area contributed by atoms with E-state index in [1.54, 1.807) is 6.07 Å². The van der Waals surface area contributed by atoms with Crippen molar-refractivity contribution in [1.29, 1.82) is 0 Å². The first kappa shape index (κ1) is 21.5. The van der Waals surface area contributed by atoms with Crippen molar-refractivity contribution < 1.29 is 0 Å². The minimum Gasteiger partial charge on any atom is -0.341 e. The smallest absolute Gasteiger partial charge is 0.282 e. The van der Waals surface area contributed by atoms with E-state index in [0.717, 1.165) is 27.5 Å². The van der Waals surface area contributed by atoms with Crippen LogP contribution in [0, 0.1) is 6.92 Å². The molecule has 2 aromatic heterocycles. The van der Waals surface area contributed by atoms with E-state index >= 15 is 0 Å². The molecule has 0 radical (unpaired) electrons. The summed E-state index contributed by atoms with van der Waals surface area (Å²) in [6.07, 6.45) is 2.85. The van der Waals surface area contributed by atoms with Gasteiger partial charge >= 0.3 is 0 Å². The lowest BCUT2D eigenvalue weighted by Gasteiger charge is -2.15. The monoisotopic (exact) mass is 478 g/mol. The van der Waals surface area contributed by atoms with Crippen LogP contribution in [0.1, 0.15) is 63.2 Å². The van der Waals surface area contributed by atoms with Gasteiger partial charge in [-0.05, 0) is 44.5 Å². The van der Waals surface area contributed by atoms with Crippen molar-refractivity contribution in [3.05, 3.63) is 74.4 Å². The minimum absolute atomic E-state index is 0.0560. The maximum absolute atomic E-state index is 13.3. The SMILES string of the molecule is CC[C@@H](C)n1c(C)c(C=Nn2c(C(C)C)nc3ccc(Br)cc3c2=O)c2ccccc21. The molecule has 4 aromatic rings. The third-order valence-corrected chi connectivity index (χ3v) is 6.38. The molecule has 0 saturated heterocycles. The van der Waals surface area contributed by atoms with E-state index in [1.165, 1.54) is 10.2 Å².